The Morgan fingerprint density at radius 2 is 2.04 bits per heavy atom. The maximum atomic E-state index is 12.9. The fourth-order valence-electron chi connectivity index (χ4n) is 4.18. The van der Waals surface area contributed by atoms with Crippen LogP contribution in [0.25, 0.3) is 0 Å². The molecule has 1 heterocycles. The van der Waals surface area contributed by atoms with E-state index in [1.54, 1.807) is 7.11 Å². The number of ether oxygens (including phenoxy) is 1. The molecule has 2 atom stereocenters. The first kappa shape index (κ1) is 18.1. The van der Waals surface area contributed by atoms with E-state index < -0.39 is 0 Å². The lowest BCUT2D eigenvalue weighted by Crippen LogP contribution is -2.55. The molecule has 0 bridgehead atoms. The molecule has 25 heavy (non-hydrogen) atoms. The number of hydrogen-bond donors (Lipinski definition) is 2. The van der Waals surface area contributed by atoms with Crippen LogP contribution in [-0.2, 0) is 4.79 Å². The Labute approximate surface area is 150 Å². The molecule has 5 heteroatoms. The van der Waals surface area contributed by atoms with E-state index in [9.17, 15) is 4.79 Å². The Bertz CT molecular complexity index is 594. The lowest BCUT2D eigenvalue weighted by Gasteiger charge is -2.42. The van der Waals surface area contributed by atoms with Crippen molar-refractivity contribution < 1.29 is 9.53 Å². The Kier molecular flexibility index (Phi) is 5.52. The van der Waals surface area contributed by atoms with Gasteiger partial charge < -0.3 is 20.7 Å². The van der Waals surface area contributed by atoms with E-state index in [1.807, 2.05) is 30.0 Å². The first-order chi connectivity index (χ1) is 12.0. The van der Waals surface area contributed by atoms with Crippen LogP contribution in [0.3, 0.4) is 0 Å². The molecule has 1 saturated heterocycles. The first-order valence-corrected chi connectivity index (χ1v) is 9.48. The summed E-state index contributed by atoms with van der Waals surface area (Å²) in [7, 11) is 1.68. The third-order valence-corrected chi connectivity index (χ3v) is 5.80. The Hall–Kier alpha value is -1.75. The molecule has 3 N–H and O–H groups in total. The Balaban J connectivity index is 1.53. The molecule has 1 aliphatic heterocycles. The van der Waals surface area contributed by atoms with Crippen molar-refractivity contribution in [3.8, 4) is 5.75 Å². The van der Waals surface area contributed by atoms with Gasteiger partial charge in [-0.3, -0.25) is 4.79 Å². The van der Waals surface area contributed by atoms with Gasteiger partial charge in [-0.2, -0.15) is 0 Å². The SMILES string of the molecule is COc1cccc(NC2CCN(C(=O)C3CCCCC3(C)N)CC2)c1. The van der Waals surface area contributed by atoms with Gasteiger partial charge in [0.15, 0.2) is 0 Å². The summed E-state index contributed by atoms with van der Waals surface area (Å²) in [6.07, 6.45) is 6.10. The van der Waals surface area contributed by atoms with Crippen LogP contribution in [0.15, 0.2) is 24.3 Å². The van der Waals surface area contributed by atoms with E-state index in [4.69, 9.17) is 10.5 Å². The largest absolute Gasteiger partial charge is 0.497 e. The van der Waals surface area contributed by atoms with Gasteiger partial charge in [0.2, 0.25) is 5.91 Å². The Morgan fingerprint density at radius 3 is 2.72 bits per heavy atom. The number of carbonyl (C=O) groups excluding carboxylic acids is 1. The van der Waals surface area contributed by atoms with Gasteiger partial charge in [-0.25, -0.2) is 0 Å². The third kappa shape index (κ3) is 4.27. The predicted octanol–water partition coefficient (Wildman–Crippen LogP) is 3.01. The second-order valence-corrected chi connectivity index (χ2v) is 7.78. The highest BCUT2D eigenvalue weighted by Gasteiger charge is 2.40. The van der Waals surface area contributed by atoms with E-state index in [-0.39, 0.29) is 17.4 Å². The van der Waals surface area contributed by atoms with Crippen molar-refractivity contribution in [1.29, 1.82) is 0 Å². The summed E-state index contributed by atoms with van der Waals surface area (Å²) < 4.78 is 5.27. The highest BCUT2D eigenvalue weighted by Crippen LogP contribution is 2.33. The molecule has 0 spiro atoms. The van der Waals surface area contributed by atoms with Gasteiger partial charge in [0, 0.05) is 36.4 Å². The number of carbonyl (C=O) groups is 1. The number of nitrogens with zero attached hydrogens (tertiary/aromatic N) is 1. The van der Waals surface area contributed by atoms with Crippen molar-refractivity contribution in [2.24, 2.45) is 11.7 Å². The molecule has 0 radical (unpaired) electrons. The number of piperidine rings is 1. The number of benzene rings is 1. The zero-order valence-corrected chi connectivity index (χ0v) is 15.5. The number of nitrogens with two attached hydrogens (primary N) is 1. The molecule has 2 aliphatic rings. The minimum atomic E-state index is -0.342. The predicted molar refractivity (Wildman–Crippen MR) is 101 cm³/mol. The summed E-state index contributed by atoms with van der Waals surface area (Å²) in [5.74, 6) is 1.12. The highest BCUT2D eigenvalue weighted by molar-refractivity contribution is 5.80. The Morgan fingerprint density at radius 1 is 1.28 bits per heavy atom. The molecule has 3 rings (SSSR count). The van der Waals surface area contributed by atoms with Gasteiger partial charge in [0.25, 0.3) is 0 Å². The van der Waals surface area contributed by atoms with Gasteiger partial charge in [0.1, 0.15) is 5.75 Å². The maximum Gasteiger partial charge on any atom is 0.227 e. The number of amides is 1. The number of nitrogens with one attached hydrogen (secondary N) is 1. The number of likely N-dealkylation sites (tertiary alicyclic amines) is 1. The van der Waals surface area contributed by atoms with E-state index in [0.717, 1.165) is 63.1 Å². The van der Waals surface area contributed by atoms with Crippen LogP contribution in [-0.4, -0.2) is 42.6 Å². The topological polar surface area (TPSA) is 67.6 Å². The fourth-order valence-corrected chi connectivity index (χ4v) is 4.18. The zero-order valence-electron chi connectivity index (χ0n) is 15.5. The quantitative estimate of drug-likeness (QED) is 0.880. The van der Waals surface area contributed by atoms with Crippen LogP contribution in [0.4, 0.5) is 5.69 Å². The fraction of sp³-hybridized carbons (Fsp3) is 0.650. The van der Waals surface area contributed by atoms with E-state index in [1.165, 1.54) is 0 Å². The van der Waals surface area contributed by atoms with Crippen LogP contribution in [0.5, 0.6) is 5.75 Å². The zero-order chi connectivity index (χ0) is 17.9. The molecule has 1 aliphatic carbocycles. The molecule has 2 unspecified atom stereocenters. The number of rotatable bonds is 4. The molecule has 1 aromatic carbocycles. The van der Waals surface area contributed by atoms with E-state index in [0.29, 0.717) is 6.04 Å². The number of anilines is 1. The van der Waals surface area contributed by atoms with E-state index in [2.05, 4.69) is 11.4 Å². The lowest BCUT2D eigenvalue weighted by molar-refractivity contribution is -0.139. The standard InChI is InChI=1S/C20H31N3O2/c1-20(21)11-4-3-8-18(20)19(24)23-12-9-15(10-13-23)22-16-6-5-7-17(14-16)25-2/h5-7,14-15,18,22H,3-4,8-13,21H2,1-2H3. The summed E-state index contributed by atoms with van der Waals surface area (Å²) in [4.78, 5) is 15.0. The summed E-state index contributed by atoms with van der Waals surface area (Å²) >= 11 is 0. The van der Waals surface area contributed by atoms with Crippen LogP contribution in [0.2, 0.25) is 0 Å². The van der Waals surface area contributed by atoms with Crippen LogP contribution < -0.4 is 15.8 Å². The van der Waals surface area contributed by atoms with Crippen LogP contribution in [0, 0.1) is 5.92 Å². The monoisotopic (exact) mass is 345 g/mol. The molecular formula is C20H31N3O2. The minimum Gasteiger partial charge on any atom is -0.497 e. The minimum absolute atomic E-state index is 0.0101. The summed E-state index contributed by atoms with van der Waals surface area (Å²) in [5, 5.41) is 3.57. The average molecular weight is 345 g/mol. The molecule has 0 aromatic heterocycles. The molecule has 138 valence electrons. The van der Waals surface area contributed by atoms with Crippen molar-refractivity contribution in [2.45, 2.75) is 57.0 Å². The highest BCUT2D eigenvalue weighted by atomic mass is 16.5. The van der Waals surface area contributed by atoms with Crippen molar-refractivity contribution in [2.75, 3.05) is 25.5 Å². The summed E-state index contributed by atoms with van der Waals surface area (Å²) in [6, 6.07) is 8.40. The molecular weight excluding hydrogens is 314 g/mol. The second-order valence-electron chi connectivity index (χ2n) is 7.78. The third-order valence-electron chi connectivity index (χ3n) is 5.80. The van der Waals surface area contributed by atoms with Crippen molar-refractivity contribution in [3.05, 3.63) is 24.3 Å². The molecule has 2 fully saturated rings. The molecule has 5 nitrogen and oxygen atoms in total. The van der Waals surface area contributed by atoms with Crippen molar-refractivity contribution in [1.82, 2.24) is 4.90 Å². The second kappa shape index (κ2) is 7.65. The molecule has 1 aromatic rings. The average Bonchev–Trinajstić information content (AvgIpc) is 2.61. The number of hydrogen-bond acceptors (Lipinski definition) is 4. The van der Waals surface area contributed by atoms with Gasteiger partial charge in [-0.05, 0) is 44.7 Å². The van der Waals surface area contributed by atoms with Gasteiger partial charge in [0.05, 0.1) is 13.0 Å². The normalized spacial score (nSPS) is 27.8. The summed E-state index contributed by atoms with van der Waals surface area (Å²) in [5.41, 5.74) is 7.15. The maximum absolute atomic E-state index is 12.9. The molecule has 1 saturated carbocycles. The smallest absolute Gasteiger partial charge is 0.227 e. The van der Waals surface area contributed by atoms with Gasteiger partial charge in [-0.15, -0.1) is 0 Å². The van der Waals surface area contributed by atoms with Gasteiger partial charge in [-0.1, -0.05) is 18.9 Å². The van der Waals surface area contributed by atoms with Crippen molar-refractivity contribution >= 4 is 11.6 Å². The van der Waals surface area contributed by atoms with Crippen LogP contribution >= 0.6 is 0 Å². The van der Waals surface area contributed by atoms with E-state index >= 15 is 0 Å². The lowest BCUT2D eigenvalue weighted by atomic mass is 9.74. The molecule has 1 amide bonds. The van der Waals surface area contributed by atoms with Gasteiger partial charge >= 0.3 is 0 Å². The first-order valence-electron chi connectivity index (χ1n) is 9.48. The van der Waals surface area contributed by atoms with Crippen molar-refractivity contribution in [3.63, 3.8) is 0 Å². The number of methoxy groups -OCH3 is 1. The van der Waals surface area contributed by atoms with Crippen LogP contribution in [0.1, 0.15) is 45.4 Å². The summed E-state index contributed by atoms with van der Waals surface area (Å²) in [6.45, 7) is 3.67.